The highest BCUT2D eigenvalue weighted by Gasteiger charge is 2.34. The first-order chi connectivity index (χ1) is 5.60. The number of rotatable bonds is 2. The minimum absolute atomic E-state index is 0.0208. The number of aliphatic carboxylic acids is 1. The van der Waals surface area contributed by atoms with Gasteiger partial charge < -0.3 is 15.5 Å². The standard InChI is InChI=1S/C8H11NO3/c1-2-8(12)6(7(10)11)4-3-5-9-8/h3-5,9,12H,2H2,1H3,(H,10,11). The summed E-state index contributed by atoms with van der Waals surface area (Å²) in [5.74, 6) is -1.10. The van der Waals surface area contributed by atoms with E-state index in [0.29, 0.717) is 6.42 Å². The Kier molecular flexibility index (Phi) is 2.19. The zero-order valence-corrected chi connectivity index (χ0v) is 6.74. The normalized spacial score (nSPS) is 27.7. The van der Waals surface area contributed by atoms with E-state index in [1.807, 2.05) is 0 Å². The largest absolute Gasteiger partial charge is 0.478 e. The van der Waals surface area contributed by atoms with E-state index in [2.05, 4.69) is 5.32 Å². The van der Waals surface area contributed by atoms with E-state index < -0.39 is 11.7 Å². The van der Waals surface area contributed by atoms with Gasteiger partial charge in [-0.05, 0) is 24.8 Å². The van der Waals surface area contributed by atoms with Crippen molar-refractivity contribution in [2.75, 3.05) is 0 Å². The minimum Gasteiger partial charge on any atom is -0.478 e. The molecule has 0 aromatic heterocycles. The number of dihydropyridines is 1. The Labute approximate surface area is 70.2 Å². The number of carboxylic acid groups (broad SMARTS) is 1. The summed E-state index contributed by atoms with van der Waals surface area (Å²) in [7, 11) is 0. The van der Waals surface area contributed by atoms with Crippen LogP contribution in [0.2, 0.25) is 0 Å². The van der Waals surface area contributed by atoms with E-state index in [1.165, 1.54) is 12.3 Å². The van der Waals surface area contributed by atoms with Crippen molar-refractivity contribution < 1.29 is 15.0 Å². The molecule has 0 spiro atoms. The molecule has 0 amide bonds. The van der Waals surface area contributed by atoms with Gasteiger partial charge in [-0.3, -0.25) is 0 Å². The molecule has 3 N–H and O–H groups in total. The molecule has 1 unspecified atom stereocenters. The van der Waals surface area contributed by atoms with Gasteiger partial charge in [0.05, 0.1) is 5.57 Å². The van der Waals surface area contributed by atoms with Crippen molar-refractivity contribution in [2.24, 2.45) is 0 Å². The highest BCUT2D eigenvalue weighted by atomic mass is 16.4. The quantitative estimate of drug-likeness (QED) is 0.552. The third-order valence-electron chi connectivity index (χ3n) is 1.87. The van der Waals surface area contributed by atoms with Gasteiger partial charge in [-0.1, -0.05) is 6.92 Å². The van der Waals surface area contributed by atoms with Gasteiger partial charge in [0.15, 0.2) is 5.72 Å². The second-order valence-corrected chi connectivity index (χ2v) is 2.60. The summed E-state index contributed by atoms with van der Waals surface area (Å²) in [5, 5.41) is 21.0. The van der Waals surface area contributed by atoms with Gasteiger partial charge in [-0.25, -0.2) is 4.79 Å². The van der Waals surface area contributed by atoms with E-state index in [4.69, 9.17) is 5.11 Å². The van der Waals surface area contributed by atoms with Gasteiger partial charge in [0.2, 0.25) is 0 Å². The van der Waals surface area contributed by atoms with Crippen molar-refractivity contribution in [2.45, 2.75) is 19.1 Å². The van der Waals surface area contributed by atoms with E-state index in [0.717, 1.165) is 0 Å². The van der Waals surface area contributed by atoms with Crippen molar-refractivity contribution >= 4 is 5.97 Å². The van der Waals surface area contributed by atoms with Gasteiger partial charge >= 0.3 is 5.97 Å². The van der Waals surface area contributed by atoms with E-state index in [1.54, 1.807) is 13.0 Å². The predicted octanol–water partition coefficient (Wildman–Crippen LogP) is 0.213. The van der Waals surface area contributed by atoms with Crippen LogP contribution in [0.15, 0.2) is 23.9 Å². The van der Waals surface area contributed by atoms with Crippen LogP contribution in [0.1, 0.15) is 13.3 Å². The zero-order chi connectivity index (χ0) is 9.19. The fourth-order valence-electron chi connectivity index (χ4n) is 1.09. The zero-order valence-electron chi connectivity index (χ0n) is 6.74. The van der Waals surface area contributed by atoms with Crippen LogP contribution < -0.4 is 5.32 Å². The molecular weight excluding hydrogens is 158 g/mol. The number of hydrogen-bond acceptors (Lipinski definition) is 3. The summed E-state index contributed by atoms with van der Waals surface area (Å²) in [5.41, 5.74) is -1.44. The lowest BCUT2D eigenvalue weighted by atomic mass is 9.98. The predicted molar refractivity (Wildman–Crippen MR) is 43.2 cm³/mol. The average molecular weight is 169 g/mol. The molecule has 1 aliphatic heterocycles. The first-order valence-corrected chi connectivity index (χ1v) is 3.71. The van der Waals surface area contributed by atoms with Crippen LogP contribution in [0.4, 0.5) is 0 Å². The molecule has 0 bridgehead atoms. The number of nitrogens with one attached hydrogen (secondary N) is 1. The maximum atomic E-state index is 10.6. The average Bonchev–Trinajstić information content (AvgIpc) is 2.05. The molecule has 0 aromatic carbocycles. The lowest BCUT2D eigenvalue weighted by Gasteiger charge is -2.29. The van der Waals surface area contributed by atoms with Crippen molar-refractivity contribution in [1.82, 2.24) is 5.32 Å². The first-order valence-electron chi connectivity index (χ1n) is 3.71. The van der Waals surface area contributed by atoms with E-state index in [9.17, 15) is 9.90 Å². The van der Waals surface area contributed by atoms with Crippen LogP contribution in [-0.2, 0) is 4.79 Å². The van der Waals surface area contributed by atoms with Gasteiger partial charge in [-0.2, -0.15) is 0 Å². The number of carboxylic acids is 1. The fourth-order valence-corrected chi connectivity index (χ4v) is 1.09. The lowest BCUT2D eigenvalue weighted by Crippen LogP contribution is -2.47. The summed E-state index contributed by atoms with van der Waals surface area (Å²) in [6.07, 6.45) is 4.78. The van der Waals surface area contributed by atoms with E-state index in [-0.39, 0.29) is 5.57 Å². The molecule has 1 heterocycles. The SMILES string of the molecule is CCC1(O)NC=CC=C1C(=O)O. The summed E-state index contributed by atoms with van der Waals surface area (Å²) in [4.78, 5) is 10.6. The Hall–Kier alpha value is -1.29. The van der Waals surface area contributed by atoms with Crippen molar-refractivity contribution in [3.05, 3.63) is 23.9 Å². The second-order valence-electron chi connectivity index (χ2n) is 2.60. The van der Waals surface area contributed by atoms with Gasteiger partial charge in [0.25, 0.3) is 0 Å². The van der Waals surface area contributed by atoms with Crippen molar-refractivity contribution in [1.29, 1.82) is 0 Å². The molecule has 1 atom stereocenters. The molecule has 66 valence electrons. The Morgan fingerprint density at radius 2 is 2.42 bits per heavy atom. The van der Waals surface area contributed by atoms with Crippen LogP contribution in [0.3, 0.4) is 0 Å². The molecule has 0 aromatic rings. The summed E-state index contributed by atoms with van der Waals surface area (Å²) in [6.45, 7) is 1.71. The highest BCUT2D eigenvalue weighted by molar-refractivity contribution is 5.89. The van der Waals surface area contributed by atoms with Crippen molar-refractivity contribution in [3.8, 4) is 0 Å². The molecule has 0 fully saturated rings. The molecule has 0 aliphatic carbocycles. The molecule has 12 heavy (non-hydrogen) atoms. The van der Waals surface area contributed by atoms with Crippen LogP contribution in [0.25, 0.3) is 0 Å². The summed E-state index contributed by atoms with van der Waals surface area (Å²) < 4.78 is 0. The van der Waals surface area contributed by atoms with Crippen molar-refractivity contribution in [3.63, 3.8) is 0 Å². The monoisotopic (exact) mass is 169 g/mol. The maximum Gasteiger partial charge on any atom is 0.336 e. The van der Waals surface area contributed by atoms with Crippen LogP contribution in [-0.4, -0.2) is 21.9 Å². The number of carbonyl (C=O) groups is 1. The third-order valence-corrected chi connectivity index (χ3v) is 1.87. The first kappa shape index (κ1) is 8.80. The maximum absolute atomic E-state index is 10.6. The molecule has 0 saturated carbocycles. The Balaban J connectivity index is 2.98. The molecule has 1 aliphatic rings. The second kappa shape index (κ2) is 2.98. The molecule has 4 nitrogen and oxygen atoms in total. The summed E-state index contributed by atoms with van der Waals surface area (Å²) in [6, 6.07) is 0. The number of aliphatic hydroxyl groups is 1. The lowest BCUT2D eigenvalue weighted by molar-refractivity contribution is -0.135. The van der Waals surface area contributed by atoms with Gasteiger partial charge in [0.1, 0.15) is 0 Å². The van der Waals surface area contributed by atoms with Crippen LogP contribution in [0.5, 0.6) is 0 Å². The van der Waals surface area contributed by atoms with Crippen LogP contribution >= 0.6 is 0 Å². The number of allylic oxidation sites excluding steroid dienone is 2. The smallest absolute Gasteiger partial charge is 0.336 e. The van der Waals surface area contributed by atoms with Gasteiger partial charge in [0, 0.05) is 0 Å². The fraction of sp³-hybridized carbons (Fsp3) is 0.375. The van der Waals surface area contributed by atoms with Gasteiger partial charge in [-0.15, -0.1) is 0 Å². The number of hydrogen-bond donors (Lipinski definition) is 3. The molecule has 0 radical (unpaired) electrons. The Bertz CT molecular complexity index is 257. The molecule has 4 heteroatoms. The Morgan fingerprint density at radius 3 is 2.83 bits per heavy atom. The topological polar surface area (TPSA) is 69.6 Å². The highest BCUT2D eigenvalue weighted by Crippen LogP contribution is 2.20. The third kappa shape index (κ3) is 1.33. The Morgan fingerprint density at radius 1 is 1.75 bits per heavy atom. The summed E-state index contributed by atoms with van der Waals surface area (Å²) >= 11 is 0. The molecular formula is C8H11NO3. The van der Waals surface area contributed by atoms with E-state index >= 15 is 0 Å². The minimum atomic E-state index is -1.42. The van der Waals surface area contributed by atoms with Crippen LogP contribution in [0, 0.1) is 0 Å². The molecule has 0 saturated heterocycles. The molecule has 1 rings (SSSR count).